The molecular weight excluding hydrogens is 833 g/mol. The first-order valence-electron chi connectivity index (χ1n) is 24.0. The van der Waals surface area contributed by atoms with Gasteiger partial charge < -0.3 is 9.47 Å². The maximum Gasteiger partial charge on any atom is 0.0547 e. The van der Waals surface area contributed by atoms with Crippen molar-refractivity contribution in [2.45, 2.75) is 19.3 Å². The Bertz CT molecular complexity index is 3870. The molecule has 0 saturated carbocycles. The van der Waals surface area contributed by atoms with Gasteiger partial charge in [0.05, 0.1) is 16.7 Å². The summed E-state index contributed by atoms with van der Waals surface area (Å²) in [6.07, 6.45) is 0. The SMILES string of the molecule is CC1(C)c2ccccc2-c2cc(N(c3cccc(-c4cccc(-c5ccc6c7ccccc7n(-c7cc(-c8ccccc8)cc(-c8ccccc8)c7)c6c5)c4)c3)c3cccc4ccccc34)ccc21. The Morgan fingerprint density at radius 1 is 0.319 bits per heavy atom. The molecule has 0 unspecified atom stereocenters. The Labute approximate surface area is 403 Å². The number of anilines is 3. The van der Waals surface area contributed by atoms with Crippen LogP contribution < -0.4 is 4.90 Å². The first-order chi connectivity index (χ1) is 34.0. The Balaban J connectivity index is 0.937. The average Bonchev–Trinajstić information content (AvgIpc) is 3.86. The van der Waals surface area contributed by atoms with Gasteiger partial charge in [-0.3, -0.25) is 0 Å². The van der Waals surface area contributed by atoms with Crippen molar-refractivity contribution in [3.05, 3.63) is 266 Å². The second kappa shape index (κ2) is 16.3. The van der Waals surface area contributed by atoms with Crippen molar-refractivity contribution < 1.29 is 0 Å². The molecule has 0 saturated heterocycles. The highest BCUT2D eigenvalue weighted by Crippen LogP contribution is 2.51. The third kappa shape index (κ3) is 6.87. The van der Waals surface area contributed by atoms with Crippen molar-refractivity contribution in [2.24, 2.45) is 0 Å². The number of hydrogen-bond acceptors (Lipinski definition) is 1. The predicted octanol–water partition coefficient (Wildman–Crippen LogP) is 18.4. The predicted molar refractivity (Wildman–Crippen MR) is 292 cm³/mol. The van der Waals surface area contributed by atoms with E-state index in [0.717, 1.165) is 28.3 Å². The van der Waals surface area contributed by atoms with Crippen LogP contribution in [0.25, 0.3) is 93.9 Å². The minimum Gasteiger partial charge on any atom is -0.310 e. The van der Waals surface area contributed by atoms with Gasteiger partial charge in [-0.2, -0.15) is 0 Å². The average molecular weight is 881 g/mol. The highest BCUT2D eigenvalue weighted by molar-refractivity contribution is 6.10. The zero-order chi connectivity index (χ0) is 46.1. The molecule has 0 amide bonds. The number of benzene rings is 11. The van der Waals surface area contributed by atoms with Gasteiger partial charge in [-0.25, -0.2) is 0 Å². The zero-order valence-electron chi connectivity index (χ0n) is 38.6. The van der Waals surface area contributed by atoms with Crippen LogP contribution in [0.4, 0.5) is 17.1 Å². The Morgan fingerprint density at radius 3 is 1.62 bits per heavy atom. The van der Waals surface area contributed by atoms with Crippen molar-refractivity contribution in [3.63, 3.8) is 0 Å². The molecule has 2 heteroatoms. The van der Waals surface area contributed by atoms with E-state index in [1.807, 2.05) is 0 Å². The Kier molecular flexibility index (Phi) is 9.55. The highest BCUT2D eigenvalue weighted by Gasteiger charge is 2.35. The lowest BCUT2D eigenvalue weighted by molar-refractivity contribution is 0.660. The number of rotatable bonds is 8. The van der Waals surface area contributed by atoms with Crippen LogP contribution in [-0.2, 0) is 5.41 Å². The molecule has 11 aromatic carbocycles. The first kappa shape index (κ1) is 40.5. The lowest BCUT2D eigenvalue weighted by atomic mass is 9.82. The zero-order valence-corrected chi connectivity index (χ0v) is 38.6. The second-order valence-electron chi connectivity index (χ2n) is 19.0. The largest absolute Gasteiger partial charge is 0.310 e. The molecule has 2 nitrogen and oxygen atoms in total. The number of nitrogens with zero attached hydrogens (tertiary/aromatic N) is 2. The van der Waals surface area contributed by atoms with Crippen molar-refractivity contribution >= 4 is 49.6 Å². The van der Waals surface area contributed by atoms with Crippen LogP contribution >= 0.6 is 0 Å². The van der Waals surface area contributed by atoms with Crippen LogP contribution in [-0.4, -0.2) is 4.57 Å². The second-order valence-corrected chi connectivity index (χ2v) is 19.0. The van der Waals surface area contributed by atoms with E-state index in [1.165, 1.54) is 93.8 Å². The molecule has 1 aliphatic rings. The molecule has 0 spiro atoms. The molecule has 1 aromatic heterocycles. The molecule has 0 atom stereocenters. The van der Waals surface area contributed by atoms with Crippen molar-refractivity contribution in [1.82, 2.24) is 4.57 Å². The number of fused-ring (bicyclic) bond motifs is 7. The van der Waals surface area contributed by atoms with Gasteiger partial charge in [-0.05, 0) is 139 Å². The number of para-hydroxylation sites is 1. The molecule has 0 aliphatic heterocycles. The third-order valence-electron chi connectivity index (χ3n) is 14.5. The summed E-state index contributed by atoms with van der Waals surface area (Å²) in [6.45, 7) is 4.70. The van der Waals surface area contributed by atoms with E-state index in [1.54, 1.807) is 0 Å². The maximum absolute atomic E-state index is 2.46. The van der Waals surface area contributed by atoms with Crippen LogP contribution in [0.5, 0.6) is 0 Å². The van der Waals surface area contributed by atoms with Crippen LogP contribution in [0.2, 0.25) is 0 Å². The van der Waals surface area contributed by atoms with Gasteiger partial charge in [-0.1, -0.05) is 202 Å². The fourth-order valence-corrected chi connectivity index (χ4v) is 11.1. The molecule has 0 radical (unpaired) electrons. The first-order valence-corrected chi connectivity index (χ1v) is 24.0. The fourth-order valence-electron chi connectivity index (χ4n) is 11.1. The molecule has 69 heavy (non-hydrogen) atoms. The molecule has 326 valence electrons. The van der Waals surface area contributed by atoms with Crippen LogP contribution in [0.15, 0.2) is 255 Å². The van der Waals surface area contributed by atoms with Crippen LogP contribution in [0, 0.1) is 0 Å². The van der Waals surface area contributed by atoms with Gasteiger partial charge in [0.25, 0.3) is 0 Å². The van der Waals surface area contributed by atoms with E-state index in [0.29, 0.717) is 0 Å². The fraction of sp³-hybridized carbons (Fsp3) is 0.0448. The van der Waals surface area contributed by atoms with Gasteiger partial charge in [0, 0.05) is 38.6 Å². The molecule has 0 N–H and O–H groups in total. The van der Waals surface area contributed by atoms with E-state index >= 15 is 0 Å². The van der Waals surface area contributed by atoms with Gasteiger partial charge in [0.2, 0.25) is 0 Å². The minimum absolute atomic E-state index is 0.0693. The lowest BCUT2D eigenvalue weighted by Gasteiger charge is -2.28. The number of aromatic nitrogens is 1. The van der Waals surface area contributed by atoms with Crippen molar-refractivity contribution in [1.29, 1.82) is 0 Å². The molecule has 12 aromatic rings. The Morgan fingerprint density at radius 2 is 0.855 bits per heavy atom. The molecule has 0 bridgehead atoms. The van der Waals surface area contributed by atoms with E-state index in [4.69, 9.17) is 0 Å². The standard InChI is InChI=1S/C67H48N2/c1-67(2)62-31-13-11-29-58(62)61-44-55(35-37-63(61)67)68(64-33-17-23-47-22-9-10-28-57(47)64)54-27-16-26-50(40-54)48-24-15-25-49(38-48)51-34-36-60-59-30-12-14-32-65(59)69(66(60)43-51)56-41-52(45-18-5-3-6-19-45)39-53(42-56)46-20-7-4-8-21-46/h3-44H,1-2H3. The topological polar surface area (TPSA) is 8.17 Å². The van der Waals surface area contributed by atoms with E-state index in [2.05, 4.69) is 278 Å². The summed E-state index contributed by atoms with van der Waals surface area (Å²) in [4.78, 5) is 2.45. The van der Waals surface area contributed by atoms with Crippen LogP contribution in [0.3, 0.4) is 0 Å². The monoisotopic (exact) mass is 880 g/mol. The summed E-state index contributed by atoms with van der Waals surface area (Å²) in [7, 11) is 0. The third-order valence-corrected chi connectivity index (χ3v) is 14.5. The minimum atomic E-state index is -0.0693. The highest BCUT2D eigenvalue weighted by atomic mass is 15.1. The summed E-state index contributed by atoms with van der Waals surface area (Å²) in [5.74, 6) is 0. The summed E-state index contributed by atoms with van der Waals surface area (Å²) >= 11 is 0. The van der Waals surface area contributed by atoms with E-state index in [-0.39, 0.29) is 5.41 Å². The molecule has 1 heterocycles. The molecule has 13 rings (SSSR count). The molecular formula is C67H48N2. The van der Waals surface area contributed by atoms with Gasteiger partial charge >= 0.3 is 0 Å². The number of hydrogen-bond donors (Lipinski definition) is 0. The van der Waals surface area contributed by atoms with Gasteiger partial charge in [0.15, 0.2) is 0 Å². The van der Waals surface area contributed by atoms with Crippen molar-refractivity contribution in [2.75, 3.05) is 4.90 Å². The Hall–Kier alpha value is -8.72. The normalized spacial score (nSPS) is 12.6. The van der Waals surface area contributed by atoms with Gasteiger partial charge in [-0.15, -0.1) is 0 Å². The summed E-state index contributed by atoms with van der Waals surface area (Å²) in [5.41, 5.74) is 21.6. The quantitative estimate of drug-likeness (QED) is 0.148. The van der Waals surface area contributed by atoms with Crippen LogP contribution in [0.1, 0.15) is 25.0 Å². The molecule has 0 fully saturated rings. The summed E-state index contributed by atoms with van der Waals surface area (Å²) in [5, 5.41) is 4.90. The van der Waals surface area contributed by atoms with E-state index in [9.17, 15) is 0 Å². The maximum atomic E-state index is 2.46. The molecule has 1 aliphatic carbocycles. The van der Waals surface area contributed by atoms with Crippen molar-refractivity contribution in [3.8, 4) is 61.3 Å². The van der Waals surface area contributed by atoms with E-state index < -0.39 is 0 Å². The summed E-state index contributed by atoms with van der Waals surface area (Å²) < 4.78 is 2.46. The smallest absolute Gasteiger partial charge is 0.0547 e. The van der Waals surface area contributed by atoms with Gasteiger partial charge in [0.1, 0.15) is 0 Å². The lowest BCUT2D eigenvalue weighted by Crippen LogP contribution is -2.15. The summed E-state index contributed by atoms with van der Waals surface area (Å²) in [6, 6.07) is 93.8.